The van der Waals surface area contributed by atoms with Crippen LogP contribution in [0, 0.1) is 11.3 Å². The van der Waals surface area contributed by atoms with E-state index in [1.165, 1.54) is 6.08 Å². The number of carbonyl (C=O) groups excluding carboxylic acids is 1. The van der Waals surface area contributed by atoms with Crippen molar-refractivity contribution in [2.24, 2.45) is 0 Å². The van der Waals surface area contributed by atoms with Crippen molar-refractivity contribution in [1.29, 1.82) is 5.26 Å². The van der Waals surface area contributed by atoms with E-state index in [-0.39, 0.29) is 23.7 Å². The molecule has 0 aliphatic carbocycles. The Kier molecular flexibility index (Phi) is 5.00. The van der Waals surface area contributed by atoms with Gasteiger partial charge in [0.2, 0.25) is 0 Å². The van der Waals surface area contributed by atoms with Crippen LogP contribution in [0.15, 0.2) is 35.4 Å². The van der Waals surface area contributed by atoms with E-state index in [9.17, 15) is 18.5 Å². The second kappa shape index (κ2) is 7.22. The molecule has 136 valence electrons. The molecule has 1 fully saturated rings. The van der Waals surface area contributed by atoms with Gasteiger partial charge in [-0.1, -0.05) is 12.1 Å². The summed E-state index contributed by atoms with van der Waals surface area (Å²) in [6, 6.07) is 6.87. The topological polar surface area (TPSA) is 105 Å². The SMILES string of the molecule is COc1cccc2c1OCC(C=C(C#N)C(=O)NC1CCS(=O)(=O)C1)=C2. The van der Waals surface area contributed by atoms with Gasteiger partial charge in [0.25, 0.3) is 5.91 Å². The number of amides is 1. The van der Waals surface area contributed by atoms with Crippen LogP contribution in [0.4, 0.5) is 0 Å². The van der Waals surface area contributed by atoms with Gasteiger partial charge in [-0.15, -0.1) is 0 Å². The molecule has 2 aliphatic rings. The number of hydrogen-bond donors (Lipinski definition) is 1. The molecule has 8 heteroatoms. The monoisotopic (exact) mass is 374 g/mol. The van der Waals surface area contributed by atoms with Crippen molar-refractivity contribution >= 4 is 21.8 Å². The van der Waals surface area contributed by atoms with Crippen LogP contribution in [-0.4, -0.2) is 45.6 Å². The number of rotatable bonds is 4. The third-order valence-electron chi connectivity index (χ3n) is 4.22. The number of hydrogen-bond acceptors (Lipinski definition) is 6. The quantitative estimate of drug-likeness (QED) is 0.628. The number of benzene rings is 1. The summed E-state index contributed by atoms with van der Waals surface area (Å²) in [5.41, 5.74) is 1.37. The Morgan fingerprint density at radius 2 is 2.27 bits per heavy atom. The molecule has 2 heterocycles. The maximum absolute atomic E-state index is 12.3. The first-order chi connectivity index (χ1) is 12.4. The minimum absolute atomic E-state index is 0.0567. The number of sulfone groups is 1. The lowest BCUT2D eigenvalue weighted by Crippen LogP contribution is -2.36. The van der Waals surface area contributed by atoms with E-state index in [0.29, 0.717) is 23.5 Å². The standard InChI is InChI=1S/C18H18N2O5S/c1-24-16-4-2-3-13-7-12(10-25-17(13)16)8-14(9-19)18(21)20-15-5-6-26(22,23)11-15/h2-4,7-8,15H,5-6,10-11H2,1H3,(H,20,21). The fourth-order valence-electron chi connectivity index (χ4n) is 2.95. The summed E-state index contributed by atoms with van der Waals surface area (Å²) in [6.45, 7) is 0.198. The van der Waals surface area contributed by atoms with Gasteiger partial charge < -0.3 is 14.8 Å². The molecule has 26 heavy (non-hydrogen) atoms. The van der Waals surface area contributed by atoms with Gasteiger partial charge in [0, 0.05) is 11.6 Å². The van der Waals surface area contributed by atoms with Crippen LogP contribution in [0.2, 0.25) is 0 Å². The number of methoxy groups -OCH3 is 1. The Bertz CT molecular complexity index is 941. The first-order valence-corrected chi connectivity index (χ1v) is 9.87. The Morgan fingerprint density at radius 1 is 1.46 bits per heavy atom. The number of carbonyl (C=O) groups is 1. The summed E-state index contributed by atoms with van der Waals surface area (Å²) in [7, 11) is -1.55. The van der Waals surface area contributed by atoms with Gasteiger partial charge in [0.05, 0.1) is 18.6 Å². The molecule has 1 atom stereocenters. The van der Waals surface area contributed by atoms with Crippen molar-refractivity contribution in [2.45, 2.75) is 12.5 Å². The highest BCUT2D eigenvalue weighted by Gasteiger charge is 2.29. The Hall–Kier alpha value is -2.79. The van der Waals surface area contributed by atoms with Crippen LogP contribution in [0.5, 0.6) is 11.5 Å². The molecule has 0 spiro atoms. The van der Waals surface area contributed by atoms with Crippen LogP contribution in [0.1, 0.15) is 12.0 Å². The fraction of sp³-hybridized carbons (Fsp3) is 0.333. The first kappa shape index (κ1) is 18.0. The molecule has 0 saturated carbocycles. The van der Waals surface area contributed by atoms with Gasteiger partial charge in [0.1, 0.15) is 18.2 Å². The smallest absolute Gasteiger partial charge is 0.262 e. The molecule has 2 aliphatic heterocycles. The fourth-order valence-corrected chi connectivity index (χ4v) is 4.62. The minimum atomic E-state index is -3.10. The van der Waals surface area contributed by atoms with E-state index in [1.54, 1.807) is 13.2 Å². The zero-order valence-corrected chi connectivity index (χ0v) is 15.0. The van der Waals surface area contributed by atoms with Crippen molar-refractivity contribution in [3.63, 3.8) is 0 Å². The van der Waals surface area contributed by atoms with Gasteiger partial charge in [-0.3, -0.25) is 4.79 Å². The number of nitrogens with zero attached hydrogens (tertiary/aromatic N) is 1. The largest absolute Gasteiger partial charge is 0.493 e. The van der Waals surface area contributed by atoms with Gasteiger partial charge in [-0.2, -0.15) is 5.26 Å². The van der Waals surface area contributed by atoms with E-state index >= 15 is 0 Å². The van der Waals surface area contributed by atoms with Gasteiger partial charge >= 0.3 is 0 Å². The van der Waals surface area contributed by atoms with E-state index in [4.69, 9.17) is 9.47 Å². The van der Waals surface area contributed by atoms with Crippen molar-refractivity contribution in [3.8, 4) is 17.6 Å². The molecule has 0 aromatic heterocycles. The normalized spacial score (nSPS) is 21.0. The predicted molar refractivity (Wildman–Crippen MR) is 95.4 cm³/mol. The molecule has 1 saturated heterocycles. The third-order valence-corrected chi connectivity index (χ3v) is 5.98. The van der Waals surface area contributed by atoms with Crippen LogP contribution in [0.25, 0.3) is 6.08 Å². The molecule has 1 unspecified atom stereocenters. The van der Waals surface area contributed by atoms with Crippen LogP contribution < -0.4 is 14.8 Å². The maximum Gasteiger partial charge on any atom is 0.262 e. The highest BCUT2D eigenvalue weighted by molar-refractivity contribution is 7.91. The van der Waals surface area contributed by atoms with E-state index in [0.717, 1.165) is 5.56 Å². The highest BCUT2D eigenvalue weighted by Crippen LogP contribution is 2.35. The molecule has 0 bridgehead atoms. The molecule has 1 N–H and O–H groups in total. The van der Waals surface area contributed by atoms with Crippen molar-refractivity contribution in [2.75, 3.05) is 25.2 Å². The zero-order chi connectivity index (χ0) is 18.7. The molecule has 1 aromatic rings. The maximum atomic E-state index is 12.3. The molecular formula is C18H18N2O5S. The van der Waals surface area contributed by atoms with Crippen molar-refractivity contribution < 1.29 is 22.7 Å². The summed E-state index contributed by atoms with van der Waals surface area (Å²) >= 11 is 0. The van der Waals surface area contributed by atoms with E-state index in [2.05, 4.69) is 5.32 Å². The second-order valence-corrected chi connectivity index (χ2v) is 8.36. The summed E-state index contributed by atoms with van der Waals surface area (Å²) in [5, 5.41) is 11.9. The predicted octanol–water partition coefficient (Wildman–Crippen LogP) is 1.22. The molecule has 0 radical (unpaired) electrons. The lowest BCUT2D eigenvalue weighted by molar-refractivity contribution is -0.117. The Labute approximate surface area is 151 Å². The molecule has 7 nitrogen and oxygen atoms in total. The van der Waals surface area contributed by atoms with Crippen LogP contribution in [0.3, 0.4) is 0 Å². The Balaban J connectivity index is 1.78. The average Bonchev–Trinajstić information content (AvgIpc) is 2.97. The number of fused-ring (bicyclic) bond motifs is 1. The molecule has 1 amide bonds. The first-order valence-electron chi connectivity index (χ1n) is 8.05. The number of para-hydroxylation sites is 1. The van der Waals surface area contributed by atoms with Crippen molar-refractivity contribution in [3.05, 3.63) is 41.0 Å². The van der Waals surface area contributed by atoms with Crippen LogP contribution in [-0.2, 0) is 14.6 Å². The van der Waals surface area contributed by atoms with E-state index < -0.39 is 21.8 Å². The van der Waals surface area contributed by atoms with Gasteiger partial charge in [-0.05, 0) is 30.2 Å². The average molecular weight is 374 g/mol. The minimum Gasteiger partial charge on any atom is -0.493 e. The summed E-state index contributed by atoms with van der Waals surface area (Å²) in [5.74, 6) is 0.623. The number of ether oxygens (including phenoxy) is 2. The second-order valence-electron chi connectivity index (χ2n) is 6.13. The van der Waals surface area contributed by atoms with Crippen LogP contribution >= 0.6 is 0 Å². The highest BCUT2D eigenvalue weighted by atomic mass is 32.2. The molecule has 1 aromatic carbocycles. The lowest BCUT2D eigenvalue weighted by atomic mass is 10.0. The van der Waals surface area contributed by atoms with Gasteiger partial charge in [0.15, 0.2) is 21.3 Å². The lowest BCUT2D eigenvalue weighted by Gasteiger charge is -2.18. The summed E-state index contributed by atoms with van der Waals surface area (Å²) in [4.78, 5) is 12.3. The molecular weight excluding hydrogens is 356 g/mol. The Morgan fingerprint density at radius 3 is 2.92 bits per heavy atom. The molecule has 3 rings (SSSR count). The van der Waals surface area contributed by atoms with E-state index in [1.807, 2.05) is 24.3 Å². The third kappa shape index (κ3) is 3.89. The zero-order valence-electron chi connectivity index (χ0n) is 14.2. The van der Waals surface area contributed by atoms with Gasteiger partial charge in [-0.25, -0.2) is 8.42 Å². The number of nitrogens with one attached hydrogen (secondary N) is 1. The summed E-state index contributed by atoms with van der Waals surface area (Å²) in [6.07, 6.45) is 3.65. The number of nitriles is 1. The van der Waals surface area contributed by atoms with Crippen molar-refractivity contribution in [1.82, 2.24) is 5.32 Å². The summed E-state index contributed by atoms with van der Waals surface area (Å²) < 4.78 is 33.9.